The molecular formula is C17H18BrCl2N5O3. The zero-order chi connectivity index (χ0) is 20.3. The molecule has 1 saturated heterocycles. The van der Waals surface area contributed by atoms with Gasteiger partial charge in [-0.25, -0.2) is 0 Å². The van der Waals surface area contributed by atoms with Gasteiger partial charge in [0.15, 0.2) is 0 Å². The molecule has 28 heavy (non-hydrogen) atoms. The van der Waals surface area contributed by atoms with E-state index in [-0.39, 0.29) is 18.1 Å². The van der Waals surface area contributed by atoms with Crippen molar-refractivity contribution in [2.75, 3.05) is 26.2 Å². The summed E-state index contributed by atoms with van der Waals surface area (Å²) >= 11 is 15.6. The van der Waals surface area contributed by atoms with Crippen molar-refractivity contribution in [3.05, 3.63) is 54.6 Å². The largest absolute Gasteiger partial charge is 0.404 e. The van der Waals surface area contributed by atoms with Crippen molar-refractivity contribution in [2.45, 2.75) is 19.5 Å². The molecule has 0 N–H and O–H groups in total. The van der Waals surface area contributed by atoms with Crippen LogP contribution in [0.2, 0.25) is 10.0 Å². The molecule has 1 aromatic heterocycles. The molecule has 150 valence electrons. The third kappa shape index (κ3) is 5.02. The lowest BCUT2D eigenvalue weighted by Gasteiger charge is -2.35. The van der Waals surface area contributed by atoms with Gasteiger partial charge in [-0.3, -0.25) is 9.69 Å². The highest BCUT2D eigenvalue weighted by Crippen LogP contribution is 2.26. The molecule has 0 saturated carbocycles. The van der Waals surface area contributed by atoms with Gasteiger partial charge in [0, 0.05) is 54.8 Å². The number of aryl methyl sites for hydroxylation is 1. The molecule has 0 spiro atoms. The number of amides is 1. The van der Waals surface area contributed by atoms with Gasteiger partial charge in [0.1, 0.15) is 4.47 Å². The van der Waals surface area contributed by atoms with Gasteiger partial charge in [-0.2, -0.15) is 4.68 Å². The zero-order valence-corrected chi connectivity index (χ0v) is 18.0. The second-order valence-electron chi connectivity index (χ2n) is 6.43. The third-order valence-electron chi connectivity index (χ3n) is 4.60. The van der Waals surface area contributed by atoms with E-state index in [9.17, 15) is 14.9 Å². The van der Waals surface area contributed by atoms with Crippen molar-refractivity contribution >= 4 is 50.9 Å². The average molecular weight is 491 g/mol. The molecule has 11 heteroatoms. The Hall–Kier alpha value is -1.68. The molecule has 1 aliphatic rings. The Kier molecular flexibility index (Phi) is 6.92. The van der Waals surface area contributed by atoms with Gasteiger partial charge in [0.25, 0.3) is 0 Å². The molecule has 0 bridgehead atoms. The lowest BCUT2D eigenvalue weighted by atomic mass is 10.2. The maximum absolute atomic E-state index is 12.4. The van der Waals surface area contributed by atoms with E-state index in [1.807, 2.05) is 18.2 Å². The number of carbonyl (C=O) groups excluding carboxylic acids is 1. The Labute approximate surface area is 180 Å². The van der Waals surface area contributed by atoms with Gasteiger partial charge in [0.2, 0.25) is 5.91 Å². The van der Waals surface area contributed by atoms with E-state index in [2.05, 4.69) is 25.9 Å². The second-order valence-corrected chi connectivity index (χ2v) is 8.10. The van der Waals surface area contributed by atoms with E-state index in [1.54, 1.807) is 4.90 Å². The molecule has 0 radical (unpaired) electrons. The molecule has 0 atom stereocenters. The summed E-state index contributed by atoms with van der Waals surface area (Å²) in [4.78, 5) is 26.7. The molecular weight excluding hydrogens is 473 g/mol. The lowest BCUT2D eigenvalue weighted by molar-refractivity contribution is -0.390. The summed E-state index contributed by atoms with van der Waals surface area (Å²) in [6, 6.07) is 5.46. The van der Waals surface area contributed by atoms with Crippen LogP contribution in [0, 0.1) is 10.1 Å². The first kappa shape index (κ1) is 21.0. The SMILES string of the molecule is O=C(CCn1cc(Br)c([N+](=O)[O-])n1)N1CCN(Cc2c(Cl)cccc2Cl)CC1. The van der Waals surface area contributed by atoms with Crippen LogP contribution in [0.5, 0.6) is 0 Å². The average Bonchev–Trinajstić information content (AvgIpc) is 3.04. The summed E-state index contributed by atoms with van der Waals surface area (Å²) in [6.07, 6.45) is 1.75. The van der Waals surface area contributed by atoms with E-state index < -0.39 is 4.92 Å². The summed E-state index contributed by atoms with van der Waals surface area (Å²) < 4.78 is 1.72. The summed E-state index contributed by atoms with van der Waals surface area (Å²) in [5.41, 5.74) is 0.900. The number of aromatic nitrogens is 2. The van der Waals surface area contributed by atoms with Crippen molar-refractivity contribution in [1.29, 1.82) is 0 Å². The fourth-order valence-corrected chi connectivity index (χ4v) is 4.03. The minimum Gasteiger partial charge on any atom is -0.358 e. The maximum atomic E-state index is 12.4. The predicted molar refractivity (Wildman–Crippen MR) is 110 cm³/mol. The van der Waals surface area contributed by atoms with Crippen molar-refractivity contribution in [3.8, 4) is 0 Å². The zero-order valence-electron chi connectivity index (χ0n) is 14.9. The number of piperazine rings is 1. The highest BCUT2D eigenvalue weighted by Gasteiger charge is 2.23. The van der Waals surface area contributed by atoms with Crippen molar-refractivity contribution in [1.82, 2.24) is 19.6 Å². The van der Waals surface area contributed by atoms with E-state index >= 15 is 0 Å². The fourth-order valence-electron chi connectivity index (χ4n) is 3.06. The minimum atomic E-state index is -0.563. The first-order valence-electron chi connectivity index (χ1n) is 8.65. The minimum absolute atomic E-state index is 0.00435. The summed E-state index contributed by atoms with van der Waals surface area (Å²) in [6.45, 7) is 3.62. The smallest absolute Gasteiger partial charge is 0.358 e. The van der Waals surface area contributed by atoms with E-state index in [1.165, 1.54) is 10.9 Å². The Morgan fingerprint density at radius 2 is 1.86 bits per heavy atom. The van der Waals surface area contributed by atoms with Gasteiger partial charge in [-0.1, -0.05) is 29.3 Å². The van der Waals surface area contributed by atoms with E-state index in [4.69, 9.17) is 23.2 Å². The number of benzene rings is 1. The van der Waals surface area contributed by atoms with Crippen LogP contribution in [0.4, 0.5) is 5.82 Å². The Bertz CT molecular complexity index is 863. The van der Waals surface area contributed by atoms with Crippen molar-refractivity contribution in [3.63, 3.8) is 0 Å². The van der Waals surface area contributed by atoms with Crippen LogP contribution in [-0.2, 0) is 17.9 Å². The first-order valence-corrected chi connectivity index (χ1v) is 10.2. The number of nitrogens with zero attached hydrogens (tertiary/aromatic N) is 5. The summed E-state index contributed by atoms with van der Waals surface area (Å²) in [5, 5.41) is 16.0. The molecule has 1 aromatic carbocycles. The normalized spacial score (nSPS) is 15.0. The molecule has 0 aliphatic carbocycles. The monoisotopic (exact) mass is 489 g/mol. The molecule has 0 unspecified atom stereocenters. The van der Waals surface area contributed by atoms with Crippen LogP contribution < -0.4 is 0 Å². The Balaban J connectivity index is 1.48. The van der Waals surface area contributed by atoms with Crippen LogP contribution in [0.1, 0.15) is 12.0 Å². The standard InChI is InChI=1S/C17H18BrCl2N5O3/c18-13-11-24(21-17(13)25(27)28)5-4-16(26)23-8-6-22(7-9-23)10-12-14(19)2-1-3-15(12)20/h1-3,11H,4-10H2. The quantitative estimate of drug-likeness (QED) is 0.456. The van der Waals surface area contributed by atoms with Crippen LogP contribution in [0.25, 0.3) is 0 Å². The van der Waals surface area contributed by atoms with Gasteiger partial charge in [-0.05, 0) is 33.0 Å². The summed E-state index contributed by atoms with van der Waals surface area (Å²) in [5.74, 6) is -0.246. The highest BCUT2D eigenvalue weighted by atomic mass is 79.9. The second kappa shape index (κ2) is 9.21. The molecule has 8 nitrogen and oxygen atoms in total. The maximum Gasteiger partial charge on any atom is 0.404 e. The van der Waals surface area contributed by atoms with Gasteiger partial charge in [0.05, 0.1) is 17.8 Å². The molecule has 1 aliphatic heterocycles. The highest BCUT2D eigenvalue weighted by molar-refractivity contribution is 9.10. The van der Waals surface area contributed by atoms with Gasteiger partial charge >= 0.3 is 5.82 Å². The van der Waals surface area contributed by atoms with E-state index in [0.29, 0.717) is 40.7 Å². The molecule has 2 heterocycles. The Morgan fingerprint density at radius 3 is 2.43 bits per heavy atom. The number of carbonyl (C=O) groups is 1. The van der Waals surface area contributed by atoms with E-state index in [0.717, 1.165) is 18.7 Å². The topological polar surface area (TPSA) is 84.5 Å². The first-order chi connectivity index (χ1) is 13.3. The fraction of sp³-hybridized carbons (Fsp3) is 0.412. The Morgan fingerprint density at radius 1 is 1.21 bits per heavy atom. The van der Waals surface area contributed by atoms with Crippen LogP contribution in [0.15, 0.2) is 28.9 Å². The van der Waals surface area contributed by atoms with Gasteiger partial charge in [-0.15, -0.1) is 0 Å². The van der Waals surface area contributed by atoms with Crippen LogP contribution in [-0.4, -0.2) is 56.6 Å². The predicted octanol–water partition coefficient (Wildman–Crippen LogP) is 3.60. The molecule has 1 fully saturated rings. The van der Waals surface area contributed by atoms with Gasteiger partial charge < -0.3 is 15.0 Å². The van der Waals surface area contributed by atoms with Crippen LogP contribution >= 0.6 is 39.1 Å². The molecule has 3 rings (SSSR count). The number of hydrogen-bond acceptors (Lipinski definition) is 5. The lowest BCUT2D eigenvalue weighted by Crippen LogP contribution is -2.48. The van der Waals surface area contributed by atoms with Crippen molar-refractivity contribution < 1.29 is 9.72 Å². The number of rotatable bonds is 6. The molecule has 2 aromatic rings. The number of hydrogen-bond donors (Lipinski definition) is 0. The molecule has 1 amide bonds. The van der Waals surface area contributed by atoms with Crippen molar-refractivity contribution in [2.24, 2.45) is 0 Å². The summed E-state index contributed by atoms with van der Waals surface area (Å²) in [7, 11) is 0. The third-order valence-corrected chi connectivity index (χ3v) is 5.86. The number of halogens is 3. The van der Waals surface area contributed by atoms with Crippen LogP contribution in [0.3, 0.4) is 0 Å². The number of nitro groups is 1.